The van der Waals surface area contributed by atoms with Crippen LogP contribution in [0.25, 0.3) is 0 Å². The number of carbonyl (C=O) groups is 1. The quantitative estimate of drug-likeness (QED) is 0.801. The summed E-state index contributed by atoms with van der Waals surface area (Å²) in [5.41, 5.74) is 0. The molecule has 18 heavy (non-hydrogen) atoms. The molecule has 0 aromatic rings. The normalized spacial score (nSPS) is 22.3. The number of halogens is 3. The Hall–Kier alpha value is -0.820. The van der Waals surface area contributed by atoms with Gasteiger partial charge in [-0.05, 0) is 12.8 Å². The number of nitrogens with zero attached hydrogens (tertiary/aromatic N) is 2. The van der Waals surface area contributed by atoms with Crippen molar-refractivity contribution < 1.29 is 18.0 Å². The van der Waals surface area contributed by atoms with E-state index in [1.165, 1.54) is 4.90 Å². The van der Waals surface area contributed by atoms with Gasteiger partial charge in [0.2, 0.25) is 5.91 Å². The monoisotopic (exact) mass is 265 g/mol. The number of carbonyl (C=O) groups excluding carboxylic acids is 1. The van der Waals surface area contributed by atoms with E-state index in [1.807, 2.05) is 0 Å². The zero-order valence-corrected chi connectivity index (χ0v) is 10.2. The molecule has 1 aliphatic carbocycles. The van der Waals surface area contributed by atoms with Gasteiger partial charge in [-0.1, -0.05) is 0 Å². The first-order chi connectivity index (χ1) is 8.44. The summed E-state index contributed by atoms with van der Waals surface area (Å²) in [6.07, 6.45) is -1.92. The van der Waals surface area contributed by atoms with Crippen LogP contribution in [0.15, 0.2) is 0 Å². The molecule has 1 amide bonds. The predicted octanol–water partition coefficient (Wildman–Crippen LogP) is 0.445. The van der Waals surface area contributed by atoms with Crippen molar-refractivity contribution in [3.63, 3.8) is 0 Å². The van der Waals surface area contributed by atoms with Crippen LogP contribution in [0.4, 0.5) is 13.2 Å². The highest BCUT2D eigenvalue weighted by Crippen LogP contribution is 2.19. The molecule has 0 aromatic carbocycles. The smallest absolute Gasteiger partial charge is 0.339 e. The zero-order valence-electron chi connectivity index (χ0n) is 10.2. The number of nitrogens with one attached hydrogen (secondary N) is 1. The molecule has 1 saturated heterocycles. The first-order valence-corrected chi connectivity index (χ1v) is 6.24. The Labute approximate surface area is 104 Å². The summed E-state index contributed by atoms with van der Waals surface area (Å²) in [7, 11) is 0. The van der Waals surface area contributed by atoms with Gasteiger partial charge in [0, 0.05) is 32.2 Å². The molecule has 0 unspecified atom stereocenters. The fourth-order valence-electron chi connectivity index (χ4n) is 2.04. The van der Waals surface area contributed by atoms with Crippen LogP contribution in [0.3, 0.4) is 0 Å². The lowest BCUT2D eigenvalue weighted by molar-refractivity contribution is -0.151. The van der Waals surface area contributed by atoms with Crippen molar-refractivity contribution >= 4 is 5.91 Å². The molecular formula is C11H18F3N3O. The third kappa shape index (κ3) is 4.45. The minimum absolute atomic E-state index is 0.00596. The SMILES string of the molecule is O=C(CNC1CC1)N1CCN(CC(F)(F)F)CC1. The molecule has 1 heterocycles. The van der Waals surface area contributed by atoms with E-state index in [2.05, 4.69) is 5.32 Å². The number of amides is 1. The van der Waals surface area contributed by atoms with Crippen molar-refractivity contribution in [3.8, 4) is 0 Å². The van der Waals surface area contributed by atoms with E-state index in [4.69, 9.17) is 0 Å². The predicted molar refractivity (Wildman–Crippen MR) is 60.1 cm³/mol. The summed E-state index contributed by atoms with van der Waals surface area (Å²) in [6.45, 7) is 0.811. The molecular weight excluding hydrogens is 247 g/mol. The lowest BCUT2D eigenvalue weighted by Crippen LogP contribution is -2.52. The van der Waals surface area contributed by atoms with E-state index in [9.17, 15) is 18.0 Å². The van der Waals surface area contributed by atoms with E-state index in [0.29, 0.717) is 38.8 Å². The molecule has 0 atom stereocenters. The summed E-state index contributed by atoms with van der Waals surface area (Å²) in [5.74, 6) is -0.00596. The molecule has 0 bridgehead atoms. The van der Waals surface area contributed by atoms with Crippen molar-refractivity contribution in [3.05, 3.63) is 0 Å². The highest BCUT2D eigenvalue weighted by molar-refractivity contribution is 5.78. The van der Waals surface area contributed by atoms with Crippen LogP contribution in [-0.4, -0.2) is 67.2 Å². The fraction of sp³-hybridized carbons (Fsp3) is 0.909. The van der Waals surface area contributed by atoms with Gasteiger partial charge in [0.1, 0.15) is 0 Å². The standard InChI is InChI=1S/C11H18F3N3O/c12-11(13,14)8-16-3-5-17(6-4-16)10(18)7-15-9-1-2-9/h9,15H,1-8H2. The number of hydrogen-bond donors (Lipinski definition) is 1. The Morgan fingerprint density at radius 2 is 1.78 bits per heavy atom. The lowest BCUT2D eigenvalue weighted by atomic mass is 10.3. The number of alkyl halides is 3. The third-order valence-corrected chi connectivity index (χ3v) is 3.25. The van der Waals surface area contributed by atoms with Gasteiger partial charge in [-0.3, -0.25) is 9.69 Å². The second-order valence-corrected chi connectivity index (χ2v) is 4.93. The molecule has 2 rings (SSSR count). The third-order valence-electron chi connectivity index (χ3n) is 3.25. The number of rotatable bonds is 4. The van der Waals surface area contributed by atoms with Gasteiger partial charge in [0.15, 0.2) is 0 Å². The van der Waals surface area contributed by atoms with Crippen LogP contribution in [0, 0.1) is 0 Å². The van der Waals surface area contributed by atoms with Gasteiger partial charge < -0.3 is 10.2 Å². The second kappa shape index (κ2) is 5.44. The van der Waals surface area contributed by atoms with Gasteiger partial charge in [-0.15, -0.1) is 0 Å². The second-order valence-electron chi connectivity index (χ2n) is 4.93. The van der Waals surface area contributed by atoms with Crippen LogP contribution in [0.1, 0.15) is 12.8 Å². The van der Waals surface area contributed by atoms with E-state index < -0.39 is 12.7 Å². The molecule has 2 aliphatic rings. The van der Waals surface area contributed by atoms with Crippen LogP contribution in [-0.2, 0) is 4.79 Å². The summed E-state index contributed by atoms with van der Waals surface area (Å²) in [4.78, 5) is 14.7. The molecule has 1 aliphatic heterocycles. The van der Waals surface area contributed by atoms with Crippen molar-refractivity contribution in [1.82, 2.24) is 15.1 Å². The Kier molecular flexibility index (Phi) is 4.11. The van der Waals surface area contributed by atoms with Crippen molar-refractivity contribution in [1.29, 1.82) is 0 Å². The molecule has 2 fully saturated rings. The maximum Gasteiger partial charge on any atom is 0.401 e. The summed E-state index contributed by atoms with van der Waals surface area (Å²) >= 11 is 0. The van der Waals surface area contributed by atoms with Gasteiger partial charge in [-0.2, -0.15) is 13.2 Å². The van der Waals surface area contributed by atoms with Crippen molar-refractivity contribution in [2.24, 2.45) is 0 Å². The van der Waals surface area contributed by atoms with E-state index in [-0.39, 0.29) is 5.91 Å². The average Bonchev–Trinajstić information content (AvgIpc) is 3.08. The topological polar surface area (TPSA) is 35.6 Å². The lowest BCUT2D eigenvalue weighted by Gasteiger charge is -2.35. The van der Waals surface area contributed by atoms with E-state index in [1.54, 1.807) is 4.90 Å². The van der Waals surface area contributed by atoms with Crippen LogP contribution >= 0.6 is 0 Å². The molecule has 4 nitrogen and oxygen atoms in total. The molecule has 0 aromatic heterocycles. The summed E-state index contributed by atoms with van der Waals surface area (Å²) < 4.78 is 36.5. The number of piperazine rings is 1. The van der Waals surface area contributed by atoms with Crippen LogP contribution in [0.2, 0.25) is 0 Å². The molecule has 1 saturated carbocycles. The Morgan fingerprint density at radius 3 is 2.28 bits per heavy atom. The largest absolute Gasteiger partial charge is 0.401 e. The Balaban J connectivity index is 1.67. The molecule has 7 heteroatoms. The van der Waals surface area contributed by atoms with Crippen molar-refractivity contribution in [2.45, 2.75) is 25.1 Å². The Bertz CT molecular complexity index is 296. The minimum Gasteiger partial charge on any atom is -0.339 e. The number of hydrogen-bond acceptors (Lipinski definition) is 3. The summed E-state index contributed by atoms with van der Waals surface area (Å²) in [5, 5.41) is 3.12. The molecule has 1 N–H and O–H groups in total. The average molecular weight is 265 g/mol. The van der Waals surface area contributed by atoms with Gasteiger partial charge >= 0.3 is 6.18 Å². The first-order valence-electron chi connectivity index (χ1n) is 6.24. The minimum atomic E-state index is -4.15. The Morgan fingerprint density at radius 1 is 1.17 bits per heavy atom. The highest BCUT2D eigenvalue weighted by atomic mass is 19.4. The van der Waals surface area contributed by atoms with Crippen molar-refractivity contribution in [2.75, 3.05) is 39.3 Å². The van der Waals surface area contributed by atoms with Gasteiger partial charge in [0.05, 0.1) is 13.1 Å². The highest BCUT2D eigenvalue weighted by Gasteiger charge is 2.33. The first kappa shape index (κ1) is 13.6. The van der Waals surface area contributed by atoms with E-state index in [0.717, 1.165) is 12.8 Å². The van der Waals surface area contributed by atoms with Crippen LogP contribution < -0.4 is 5.32 Å². The maximum absolute atomic E-state index is 12.2. The zero-order chi connectivity index (χ0) is 13.2. The maximum atomic E-state index is 12.2. The van der Waals surface area contributed by atoms with Crippen LogP contribution in [0.5, 0.6) is 0 Å². The van der Waals surface area contributed by atoms with Gasteiger partial charge in [-0.25, -0.2) is 0 Å². The molecule has 0 radical (unpaired) electrons. The molecule has 0 spiro atoms. The fourth-order valence-corrected chi connectivity index (χ4v) is 2.04. The summed E-state index contributed by atoms with van der Waals surface area (Å²) in [6, 6.07) is 0.473. The molecule has 104 valence electrons. The van der Waals surface area contributed by atoms with E-state index >= 15 is 0 Å². The van der Waals surface area contributed by atoms with Gasteiger partial charge in [0.25, 0.3) is 0 Å².